The predicted molar refractivity (Wildman–Crippen MR) is 179 cm³/mol. The molecule has 0 atom stereocenters. The van der Waals surface area contributed by atoms with Gasteiger partial charge >= 0.3 is 23.9 Å². The Kier molecular flexibility index (Phi) is 12.5. The van der Waals surface area contributed by atoms with Crippen LogP contribution in [0.15, 0.2) is 128 Å². The van der Waals surface area contributed by atoms with Gasteiger partial charge in [-0.15, -0.1) is 14.6 Å². The number of carbonyl (C=O) groups is 4. The summed E-state index contributed by atoms with van der Waals surface area (Å²) in [6.07, 6.45) is 1.70. The van der Waals surface area contributed by atoms with E-state index in [1.54, 1.807) is 0 Å². The minimum atomic E-state index is -4.91. The fourth-order valence-electron chi connectivity index (χ4n) is 4.07. The topological polar surface area (TPSA) is 270 Å². The van der Waals surface area contributed by atoms with Crippen molar-refractivity contribution >= 4 is 68.8 Å². The fourth-order valence-corrected chi connectivity index (χ4v) is 5.20. The van der Waals surface area contributed by atoms with Crippen LogP contribution in [0.4, 0.5) is 22.7 Å². The number of azo groups is 2. The van der Waals surface area contributed by atoms with Crippen LogP contribution in [-0.2, 0) is 29.1 Å². The maximum absolute atomic E-state index is 12.4. The Balaban J connectivity index is 1.68. The van der Waals surface area contributed by atoms with Crippen LogP contribution in [-0.4, -0.2) is 52.3 Å². The third-order valence-corrected chi connectivity index (χ3v) is 7.89. The average molecular weight is 751 g/mol. The Bertz CT molecular complexity index is 2270. The number of rotatable bonds is 15. The maximum atomic E-state index is 12.4. The van der Waals surface area contributed by atoms with Crippen LogP contribution in [0.1, 0.15) is 20.7 Å². The molecule has 4 N–H and O–H groups in total. The third kappa shape index (κ3) is 9.85. The van der Waals surface area contributed by atoms with Crippen LogP contribution < -0.4 is 9.47 Å². The molecule has 0 radical (unpaired) electrons. The fraction of sp³-hybridized carbons (Fsp3) is 0. The van der Waals surface area contributed by atoms with E-state index < -0.39 is 44.5 Å². The first-order chi connectivity index (χ1) is 24.7. The highest BCUT2D eigenvalue weighted by Crippen LogP contribution is 2.38. The largest absolute Gasteiger partial charge is 0.478 e. The number of carbonyl (C=O) groups excluding carboxylic acids is 2. The number of ether oxygens (including phenoxy) is 2. The van der Waals surface area contributed by atoms with E-state index in [4.69, 9.17) is 14.7 Å². The number of benzene rings is 4. The van der Waals surface area contributed by atoms with Gasteiger partial charge in [-0.2, -0.15) is 18.6 Å². The molecule has 0 saturated heterocycles. The molecule has 0 saturated carbocycles. The molecule has 0 aliphatic carbocycles. The number of carboxylic acid groups (broad SMARTS) is 2. The molecule has 4 aromatic carbocycles. The maximum Gasteiger partial charge on any atom is 0.339 e. The van der Waals surface area contributed by atoms with Crippen molar-refractivity contribution in [3.8, 4) is 22.6 Å². The van der Waals surface area contributed by atoms with E-state index in [0.29, 0.717) is 17.6 Å². The van der Waals surface area contributed by atoms with Crippen LogP contribution in [0, 0.1) is 0 Å². The lowest BCUT2D eigenvalue weighted by Crippen LogP contribution is -2.08. The van der Waals surface area contributed by atoms with Crippen molar-refractivity contribution in [1.82, 2.24) is 0 Å². The standard InChI is InChI=1S/C32H22N4O14S2/c1-3-29(37)47-25-11-7-19(15-21(25)31(39)40)33-35-23-9-5-17(13-27(23)51-50-49-43)18-6-10-24(28(14-18)52(44,45)46)36-34-20-8-12-26(48-30(38)4-2)22(16-20)32(41)42/h3-16,43H,1-2H2,(H,39,40)(H,41,42)(H,44,45,46). The normalized spacial score (nSPS) is 11.3. The number of carboxylic acids is 2. The van der Waals surface area contributed by atoms with Gasteiger partial charge < -0.3 is 19.7 Å². The molecule has 0 bridgehead atoms. The number of nitrogens with zero attached hydrogens (tertiary/aromatic N) is 4. The van der Waals surface area contributed by atoms with Crippen LogP contribution in [0.2, 0.25) is 0 Å². The van der Waals surface area contributed by atoms with Gasteiger partial charge in [0.25, 0.3) is 10.1 Å². The molecule has 0 spiro atoms. The molecule has 0 fully saturated rings. The smallest absolute Gasteiger partial charge is 0.339 e. The van der Waals surface area contributed by atoms with E-state index in [2.05, 4.69) is 43.0 Å². The zero-order valence-corrected chi connectivity index (χ0v) is 27.6. The number of esters is 2. The third-order valence-electron chi connectivity index (χ3n) is 6.37. The molecule has 20 heteroatoms. The van der Waals surface area contributed by atoms with Crippen LogP contribution in [0.5, 0.6) is 11.5 Å². The second-order valence-electron chi connectivity index (χ2n) is 9.69. The summed E-state index contributed by atoms with van der Waals surface area (Å²) in [5, 5.41) is 47.3. The molecular formula is C32H22N4O14S2. The van der Waals surface area contributed by atoms with Crippen molar-refractivity contribution in [2.24, 2.45) is 20.5 Å². The first-order valence-electron chi connectivity index (χ1n) is 13.9. The van der Waals surface area contributed by atoms with E-state index in [1.165, 1.54) is 48.5 Å². The lowest BCUT2D eigenvalue weighted by Gasteiger charge is -2.10. The molecule has 4 rings (SSSR count). The van der Waals surface area contributed by atoms with E-state index in [1.807, 2.05) is 0 Å². The van der Waals surface area contributed by atoms with Crippen molar-refractivity contribution in [3.63, 3.8) is 0 Å². The van der Waals surface area contributed by atoms with Crippen molar-refractivity contribution < 1.29 is 66.5 Å². The van der Waals surface area contributed by atoms with E-state index >= 15 is 0 Å². The SMILES string of the molecule is C=CC(=O)Oc1ccc(N=Nc2ccc(-c3ccc(N=Nc4ccc(OC(=O)C=C)c(C(=O)O)c4)c(S(=O)(=O)O)c3)cc2SOOO)cc1C(=O)O. The molecule has 52 heavy (non-hydrogen) atoms. The summed E-state index contributed by atoms with van der Waals surface area (Å²) >= 11 is 0.476. The highest BCUT2D eigenvalue weighted by molar-refractivity contribution is 7.94. The van der Waals surface area contributed by atoms with Gasteiger partial charge in [-0.3, -0.25) is 4.55 Å². The van der Waals surface area contributed by atoms with Crippen molar-refractivity contribution in [2.45, 2.75) is 9.79 Å². The number of aromatic carboxylic acids is 2. The molecule has 0 aliphatic heterocycles. The Labute approximate surface area is 296 Å². The van der Waals surface area contributed by atoms with Crippen molar-refractivity contribution in [1.29, 1.82) is 0 Å². The predicted octanol–water partition coefficient (Wildman–Crippen LogP) is 7.44. The molecule has 0 amide bonds. The van der Waals surface area contributed by atoms with Gasteiger partial charge in [0.05, 0.1) is 28.3 Å². The van der Waals surface area contributed by atoms with Gasteiger partial charge in [-0.25, -0.2) is 24.4 Å². The summed E-state index contributed by atoms with van der Waals surface area (Å²) in [5.41, 5.74) is -0.522. The Hall–Kier alpha value is -6.42. The minimum absolute atomic E-state index is 0.0453. The average Bonchev–Trinajstić information content (AvgIpc) is 3.12. The molecular weight excluding hydrogens is 729 g/mol. The summed E-state index contributed by atoms with van der Waals surface area (Å²) in [7, 11) is -4.91. The molecule has 0 heterocycles. The Morgan fingerprint density at radius 1 is 0.673 bits per heavy atom. The first kappa shape index (κ1) is 38.4. The second kappa shape index (κ2) is 17.0. The van der Waals surface area contributed by atoms with E-state index in [-0.39, 0.29) is 50.3 Å². The van der Waals surface area contributed by atoms with Gasteiger partial charge in [0, 0.05) is 12.2 Å². The summed E-state index contributed by atoms with van der Waals surface area (Å²) < 4.78 is 49.1. The number of hydrogen-bond donors (Lipinski definition) is 4. The lowest BCUT2D eigenvalue weighted by molar-refractivity contribution is -0.432. The highest BCUT2D eigenvalue weighted by Gasteiger charge is 2.20. The summed E-state index contributed by atoms with van der Waals surface area (Å²) in [6, 6.07) is 15.1. The van der Waals surface area contributed by atoms with Crippen LogP contribution in [0.25, 0.3) is 11.1 Å². The number of hydrogen-bond acceptors (Lipinski definition) is 16. The summed E-state index contributed by atoms with van der Waals surface area (Å²) in [6.45, 7) is 6.49. The van der Waals surface area contributed by atoms with Gasteiger partial charge in [0.2, 0.25) is 0 Å². The van der Waals surface area contributed by atoms with E-state index in [0.717, 1.165) is 36.4 Å². The van der Waals surface area contributed by atoms with E-state index in [9.17, 15) is 42.4 Å². The Morgan fingerprint density at radius 2 is 1.15 bits per heavy atom. The van der Waals surface area contributed by atoms with Crippen LogP contribution >= 0.6 is 12.0 Å². The van der Waals surface area contributed by atoms with Crippen LogP contribution in [0.3, 0.4) is 0 Å². The molecule has 0 aromatic heterocycles. The van der Waals surface area contributed by atoms with Gasteiger partial charge in [-0.1, -0.05) is 30.3 Å². The minimum Gasteiger partial charge on any atom is -0.478 e. The quantitative estimate of drug-likeness (QED) is 0.0134. The monoisotopic (exact) mass is 750 g/mol. The first-order valence-corrected chi connectivity index (χ1v) is 16.1. The highest BCUT2D eigenvalue weighted by atomic mass is 32.2. The second-order valence-corrected chi connectivity index (χ2v) is 11.8. The zero-order valence-electron chi connectivity index (χ0n) is 26.0. The summed E-state index contributed by atoms with van der Waals surface area (Å²) in [4.78, 5) is 45.9. The van der Waals surface area contributed by atoms with Crippen molar-refractivity contribution in [2.75, 3.05) is 0 Å². The Morgan fingerprint density at radius 3 is 1.62 bits per heavy atom. The lowest BCUT2D eigenvalue weighted by atomic mass is 10.0. The molecule has 266 valence electrons. The van der Waals surface area contributed by atoms with Gasteiger partial charge in [0.1, 0.15) is 38.9 Å². The molecule has 4 aromatic rings. The molecule has 0 unspecified atom stereocenters. The van der Waals surface area contributed by atoms with Crippen molar-refractivity contribution in [3.05, 3.63) is 109 Å². The molecule has 18 nitrogen and oxygen atoms in total. The van der Waals surface area contributed by atoms with Gasteiger partial charge in [0.15, 0.2) is 0 Å². The van der Waals surface area contributed by atoms with Gasteiger partial charge in [-0.05, 0) is 71.8 Å². The summed E-state index contributed by atoms with van der Waals surface area (Å²) in [5.74, 6) is -5.19. The molecule has 0 aliphatic rings. The zero-order chi connectivity index (χ0) is 38.0.